The summed E-state index contributed by atoms with van der Waals surface area (Å²) in [6.45, 7) is 9.05. The number of nitrogens with one attached hydrogen (secondary N) is 4. The lowest BCUT2D eigenvalue weighted by Gasteiger charge is -2.35. The third-order valence-corrected chi connectivity index (χ3v) is 8.04. The largest absolute Gasteiger partial charge is 0.453 e. The third-order valence-electron chi connectivity index (χ3n) is 8.04. The summed E-state index contributed by atoms with van der Waals surface area (Å²) >= 11 is 0. The minimum absolute atomic E-state index is 0.114. The van der Waals surface area contributed by atoms with Crippen molar-refractivity contribution in [2.75, 3.05) is 20.8 Å². The Morgan fingerprint density at radius 3 is 1.87 bits per heavy atom. The molecule has 0 aliphatic heterocycles. The summed E-state index contributed by atoms with van der Waals surface area (Å²) in [7, 11) is -2.23. The molecular weight excluding hydrogens is 737 g/mol. The van der Waals surface area contributed by atoms with E-state index in [9.17, 15) is 24.3 Å². The molecule has 2 aromatic carbocycles. The van der Waals surface area contributed by atoms with E-state index >= 15 is 0 Å². The zero-order chi connectivity index (χ0) is 41.3. The van der Waals surface area contributed by atoms with Gasteiger partial charge in [-0.05, 0) is 41.0 Å². The molecule has 18 heteroatoms. The summed E-state index contributed by atoms with van der Waals surface area (Å²) in [6.07, 6.45) is -0.750. The van der Waals surface area contributed by atoms with E-state index in [0.29, 0.717) is 0 Å². The lowest BCUT2D eigenvalue weighted by Crippen LogP contribution is -2.60. The highest BCUT2D eigenvalue weighted by atomic mass is 32.3. The second-order valence-electron chi connectivity index (χ2n) is 13.9. The molecule has 1 heterocycles. The van der Waals surface area contributed by atoms with Crippen LogP contribution in [0.25, 0.3) is 11.3 Å². The summed E-state index contributed by atoms with van der Waals surface area (Å²) in [6, 6.07) is 19.9. The van der Waals surface area contributed by atoms with Crippen LogP contribution >= 0.6 is 0 Å². The Bertz CT molecular complexity index is 1770. The van der Waals surface area contributed by atoms with E-state index in [4.69, 9.17) is 27.0 Å². The van der Waals surface area contributed by atoms with E-state index in [0.717, 1.165) is 22.4 Å². The Morgan fingerprint density at radius 2 is 1.36 bits per heavy atom. The molecule has 17 nitrogen and oxygen atoms in total. The first kappa shape index (κ1) is 46.0. The molecule has 7 N–H and O–H groups in total. The number of pyridine rings is 1. The van der Waals surface area contributed by atoms with Gasteiger partial charge in [-0.15, -0.1) is 0 Å². The van der Waals surface area contributed by atoms with E-state index in [1.54, 1.807) is 25.1 Å². The number of aliphatic hydroxyl groups excluding tert-OH is 1. The maximum absolute atomic E-state index is 13.8. The van der Waals surface area contributed by atoms with E-state index < -0.39 is 64.0 Å². The smallest absolute Gasteiger partial charge is 0.407 e. The summed E-state index contributed by atoms with van der Waals surface area (Å²) in [5.74, 6) is -1.31. The fourth-order valence-corrected chi connectivity index (χ4v) is 5.25. The van der Waals surface area contributed by atoms with Crippen LogP contribution in [0.5, 0.6) is 0 Å². The molecule has 0 aliphatic carbocycles. The normalized spacial score (nSPS) is 13.6. The predicted octanol–water partition coefficient (Wildman–Crippen LogP) is 3.17. The molecule has 3 rings (SSSR count). The van der Waals surface area contributed by atoms with E-state index in [2.05, 4.69) is 26.4 Å². The molecule has 4 amide bonds. The van der Waals surface area contributed by atoms with Crippen molar-refractivity contribution >= 4 is 34.4 Å². The molecule has 0 saturated heterocycles. The summed E-state index contributed by atoms with van der Waals surface area (Å²) < 4.78 is 41.1. The average molecular weight is 789 g/mol. The second-order valence-corrected chi connectivity index (χ2v) is 14.8. The van der Waals surface area contributed by atoms with Crippen LogP contribution in [-0.4, -0.2) is 102 Å². The SMILES string of the molecule is COC(=O)N[C@H](C(=O)N[C@@H](Cc1ccccc1)[C@@H](O)CN(Cc1ccc(-c2ccccn2)cc1)NC(=O)[C@@H](NC(=O)OC)C(C)(C)C)C(C)C.O=S(=O)(O)O. The fraction of sp³-hybridized carbons (Fsp3) is 0.432. The average Bonchev–Trinajstić information content (AvgIpc) is 3.11. The van der Waals surface area contributed by atoms with Gasteiger partial charge in [0.25, 0.3) is 5.91 Å². The Morgan fingerprint density at radius 1 is 0.800 bits per heavy atom. The molecule has 0 saturated carbocycles. The second kappa shape index (κ2) is 21.7. The van der Waals surface area contributed by atoms with Crippen molar-refractivity contribution in [2.24, 2.45) is 11.3 Å². The summed E-state index contributed by atoms with van der Waals surface area (Å²) in [5.41, 5.74) is 5.58. The van der Waals surface area contributed by atoms with Gasteiger partial charge in [0.2, 0.25) is 5.91 Å². The van der Waals surface area contributed by atoms with Gasteiger partial charge in [0.1, 0.15) is 12.1 Å². The van der Waals surface area contributed by atoms with E-state index in [1.807, 2.05) is 93.6 Å². The molecule has 0 fully saturated rings. The predicted molar refractivity (Wildman–Crippen MR) is 203 cm³/mol. The van der Waals surface area contributed by atoms with Crippen molar-refractivity contribution in [3.63, 3.8) is 0 Å². The zero-order valence-electron chi connectivity index (χ0n) is 31.9. The summed E-state index contributed by atoms with van der Waals surface area (Å²) in [4.78, 5) is 55.9. The Kier molecular flexibility index (Phi) is 18.1. The quantitative estimate of drug-likeness (QED) is 0.0866. The van der Waals surface area contributed by atoms with Crippen LogP contribution in [0.15, 0.2) is 79.0 Å². The van der Waals surface area contributed by atoms with Crippen molar-refractivity contribution in [2.45, 2.75) is 71.8 Å². The number of ether oxygens (including phenoxy) is 2. The molecule has 0 radical (unpaired) electrons. The first-order chi connectivity index (χ1) is 25.7. The van der Waals surface area contributed by atoms with Crippen LogP contribution in [0.4, 0.5) is 9.59 Å². The Balaban J connectivity index is 0.00000196. The van der Waals surface area contributed by atoms with Crippen molar-refractivity contribution in [1.29, 1.82) is 0 Å². The van der Waals surface area contributed by atoms with Crippen LogP contribution < -0.4 is 21.4 Å². The number of aromatic nitrogens is 1. The number of nitrogens with zero attached hydrogens (tertiary/aromatic N) is 2. The monoisotopic (exact) mass is 788 g/mol. The maximum Gasteiger partial charge on any atom is 0.407 e. The molecule has 55 heavy (non-hydrogen) atoms. The maximum atomic E-state index is 13.8. The number of carbonyl (C=O) groups is 4. The van der Waals surface area contributed by atoms with Crippen LogP contribution in [-0.2, 0) is 42.4 Å². The number of carbonyl (C=O) groups excluding carboxylic acids is 4. The van der Waals surface area contributed by atoms with E-state index in [-0.39, 0.29) is 25.4 Å². The summed E-state index contributed by atoms with van der Waals surface area (Å²) in [5, 5.41) is 21.4. The molecule has 0 bridgehead atoms. The number of hydrazine groups is 1. The lowest BCUT2D eigenvalue weighted by molar-refractivity contribution is -0.132. The Labute approximate surface area is 321 Å². The van der Waals surface area contributed by atoms with Gasteiger partial charge in [-0.3, -0.25) is 29.1 Å². The number of hydrogen-bond acceptors (Lipinski definition) is 11. The number of rotatable bonds is 15. The van der Waals surface area contributed by atoms with Crippen molar-refractivity contribution < 1.29 is 51.3 Å². The highest BCUT2D eigenvalue weighted by Crippen LogP contribution is 2.21. The topological polar surface area (TPSA) is 246 Å². The number of amides is 4. The first-order valence-corrected chi connectivity index (χ1v) is 18.6. The van der Waals surface area contributed by atoms with Crippen molar-refractivity contribution in [1.82, 2.24) is 31.4 Å². The number of alkyl carbamates (subject to hydrolysis) is 2. The third kappa shape index (κ3) is 17.3. The fourth-order valence-electron chi connectivity index (χ4n) is 5.25. The standard InChI is InChI=1S/C37H50N6O7.H2O4S/c1-24(2)31(40-35(47)49-6)33(45)39-29(21-25-13-9-8-10-14-25)30(44)23-43(42-34(46)32(37(3,4)5)41-36(48)50-7)22-26-16-18-27(19-17-26)28-15-11-12-20-38-28;1-5(2,3)4/h8-20,24,29-32,44H,21-23H2,1-7H3,(H,39,45)(H,40,47)(H,41,48)(H,42,46);(H2,1,2,3,4)/t29-,30-,31-,32+;/m0./s1. The minimum Gasteiger partial charge on any atom is -0.453 e. The number of hydrogen-bond donors (Lipinski definition) is 7. The molecule has 0 spiro atoms. The Hall–Kier alpha value is -5.14. The number of benzene rings is 2. The van der Waals surface area contributed by atoms with Gasteiger partial charge in [0.05, 0.1) is 32.1 Å². The molecule has 302 valence electrons. The minimum atomic E-state index is -4.67. The van der Waals surface area contributed by atoms with Gasteiger partial charge in [0.15, 0.2) is 0 Å². The van der Waals surface area contributed by atoms with Crippen LogP contribution in [0.3, 0.4) is 0 Å². The van der Waals surface area contributed by atoms with Crippen molar-refractivity contribution in [3.8, 4) is 11.3 Å². The highest BCUT2D eigenvalue weighted by molar-refractivity contribution is 7.79. The lowest BCUT2D eigenvalue weighted by atomic mass is 9.86. The van der Waals surface area contributed by atoms with Gasteiger partial charge in [0, 0.05) is 24.8 Å². The molecule has 3 aromatic rings. The van der Waals surface area contributed by atoms with Gasteiger partial charge < -0.3 is 30.5 Å². The van der Waals surface area contributed by atoms with Crippen LogP contribution in [0.2, 0.25) is 0 Å². The number of methoxy groups -OCH3 is 2. The van der Waals surface area contributed by atoms with Gasteiger partial charge in [-0.2, -0.15) is 8.42 Å². The molecule has 4 atom stereocenters. The zero-order valence-corrected chi connectivity index (χ0v) is 32.7. The van der Waals surface area contributed by atoms with Gasteiger partial charge in [-0.25, -0.2) is 14.6 Å². The number of aliphatic hydroxyl groups is 1. The molecule has 1 aromatic heterocycles. The highest BCUT2D eigenvalue weighted by Gasteiger charge is 2.35. The van der Waals surface area contributed by atoms with E-state index in [1.165, 1.54) is 14.2 Å². The van der Waals surface area contributed by atoms with Crippen molar-refractivity contribution in [3.05, 3.63) is 90.1 Å². The molecule has 0 aliphatic rings. The molecular formula is C37H52N6O11S. The molecule has 0 unspecified atom stereocenters. The van der Waals surface area contributed by atoms with Crippen LogP contribution in [0.1, 0.15) is 45.7 Å². The van der Waals surface area contributed by atoms with Crippen LogP contribution in [0, 0.1) is 11.3 Å². The van der Waals surface area contributed by atoms with Gasteiger partial charge >= 0.3 is 22.6 Å². The first-order valence-electron chi connectivity index (χ1n) is 17.2. The van der Waals surface area contributed by atoms with Gasteiger partial charge in [-0.1, -0.05) is 95.3 Å².